The Morgan fingerprint density at radius 2 is 2.45 bits per heavy atom. The highest BCUT2D eigenvalue weighted by Gasteiger charge is 2.54. The summed E-state index contributed by atoms with van der Waals surface area (Å²) >= 11 is 3.14. The molecule has 3 aliphatic heterocycles. The van der Waals surface area contributed by atoms with Crippen molar-refractivity contribution in [2.75, 3.05) is 12.4 Å². The number of thioether (sulfide) groups is 2. The van der Waals surface area contributed by atoms with Crippen molar-refractivity contribution >= 4 is 34.7 Å². The molecule has 0 aliphatic carbocycles. The number of urea groups is 1. The Morgan fingerprint density at radius 1 is 1.65 bits per heavy atom. The molecule has 0 radical (unpaired) electrons. The first-order valence-electron chi connectivity index (χ1n) is 6.52. The number of amides is 2. The Balaban J connectivity index is 1.97. The van der Waals surface area contributed by atoms with Gasteiger partial charge in [0.1, 0.15) is 10.9 Å². The van der Waals surface area contributed by atoms with Crippen molar-refractivity contribution in [3.05, 3.63) is 11.6 Å². The Kier molecular flexibility index (Phi) is 3.64. The van der Waals surface area contributed by atoms with Crippen LogP contribution in [0, 0.1) is 5.92 Å². The number of carbonyl (C=O) groups is 1. The number of nitrogens with zero attached hydrogens (tertiary/aromatic N) is 2. The van der Waals surface area contributed by atoms with E-state index in [-0.39, 0.29) is 11.5 Å². The van der Waals surface area contributed by atoms with Crippen LogP contribution in [-0.2, 0) is 4.74 Å². The van der Waals surface area contributed by atoms with Crippen LogP contribution in [0.3, 0.4) is 0 Å². The normalized spacial score (nSPS) is 40.4. The quantitative estimate of drug-likeness (QED) is 0.757. The Labute approximate surface area is 126 Å². The highest BCUT2D eigenvalue weighted by Crippen LogP contribution is 2.47. The lowest BCUT2D eigenvalue weighted by molar-refractivity contribution is -0.0527. The van der Waals surface area contributed by atoms with Gasteiger partial charge in [0.2, 0.25) is 0 Å². The van der Waals surface area contributed by atoms with Crippen molar-refractivity contribution in [2.24, 2.45) is 22.4 Å². The van der Waals surface area contributed by atoms with E-state index in [1.165, 1.54) is 0 Å². The van der Waals surface area contributed by atoms with Gasteiger partial charge in [0.05, 0.1) is 12.7 Å². The number of fused-ring (bicyclic) bond motifs is 1. The maximum Gasteiger partial charge on any atom is 0.319 e. The van der Waals surface area contributed by atoms with E-state index in [1.54, 1.807) is 34.6 Å². The summed E-state index contributed by atoms with van der Waals surface area (Å²) in [5.41, 5.74) is 10.9. The number of primary amides is 1. The number of carbonyl (C=O) groups excluding carboxylic acids is 1. The third kappa shape index (κ3) is 2.19. The van der Waals surface area contributed by atoms with E-state index < -0.39 is 11.6 Å². The van der Waals surface area contributed by atoms with Gasteiger partial charge in [0.15, 0.2) is 5.17 Å². The van der Waals surface area contributed by atoms with Gasteiger partial charge < -0.3 is 16.2 Å². The van der Waals surface area contributed by atoms with Crippen LogP contribution in [0.4, 0.5) is 4.79 Å². The first-order chi connectivity index (χ1) is 9.53. The number of nitrogens with two attached hydrogens (primary N) is 2. The Bertz CT molecular complexity index is 484. The van der Waals surface area contributed by atoms with Gasteiger partial charge in [0.25, 0.3) is 0 Å². The standard InChI is InChI=1S/C12H18N4O2S2/c1-7-4-8-5-20-10(13)15-12(8,6-18-7)9-16(11(14)17)2-3-19-9/h2-3,7-9H,4-6H2,1H3,(H2,13,15)(H2,14,17)/t7-,8-,9?,12?/m0/s1. The number of rotatable bonds is 1. The van der Waals surface area contributed by atoms with Crippen molar-refractivity contribution in [1.29, 1.82) is 0 Å². The lowest BCUT2D eigenvalue weighted by Crippen LogP contribution is -2.61. The minimum atomic E-state index is -0.495. The average Bonchev–Trinajstić information content (AvgIpc) is 2.89. The molecular weight excluding hydrogens is 296 g/mol. The first kappa shape index (κ1) is 14.1. The lowest BCUT2D eigenvalue weighted by atomic mass is 9.79. The Morgan fingerprint density at radius 3 is 3.20 bits per heavy atom. The largest absolute Gasteiger partial charge is 0.379 e. The van der Waals surface area contributed by atoms with Crippen LogP contribution >= 0.6 is 23.5 Å². The van der Waals surface area contributed by atoms with Gasteiger partial charge in [-0.05, 0) is 18.8 Å². The van der Waals surface area contributed by atoms with E-state index in [2.05, 4.69) is 6.92 Å². The third-order valence-electron chi connectivity index (χ3n) is 4.04. The molecule has 1 fully saturated rings. The molecule has 8 heteroatoms. The summed E-state index contributed by atoms with van der Waals surface area (Å²) in [6.45, 7) is 2.55. The number of hydrogen-bond acceptors (Lipinski definition) is 6. The van der Waals surface area contributed by atoms with Gasteiger partial charge >= 0.3 is 6.03 Å². The highest BCUT2D eigenvalue weighted by molar-refractivity contribution is 8.13. The van der Waals surface area contributed by atoms with Gasteiger partial charge in [0, 0.05) is 17.9 Å². The van der Waals surface area contributed by atoms with E-state index in [9.17, 15) is 4.79 Å². The fourth-order valence-corrected chi connectivity index (χ4v) is 5.26. The van der Waals surface area contributed by atoms with Crippen molar-refractivity contribution in [1.82, 2.24) is 4.90 Å². The maximum atomic E-state index is 11.6. The molecule has 6 nitrogen and oxygen atoms in total. The van der Waals surface area contributed by atoms with E-state index in [0.717, 1.165) is 12.2 Å². The van der Waals surface area contributed by atoms with Crippen LogP contribution in [0.15, 0.2) is 16.6 Å². The average molecular weight is 314 g/mol. The summed E-state index contributed by atoms with van der Waals surface area (Å²) in [6, 6.07) is -0.463. The number of hydrogen-bond donors (Lipinski definition) is 2. The van der Waals surface area contributed by atoms with Crippen molar-refractivity contribution in [2.45, 2.75) is 30.4 Å². The second-order valence-electron chi connectivity index (χ2n) is 5.33. The summed E-state index contributed by atoms with van der Waals surface area (Å²) < 4.78 is 5.85. The molecule has 2 unspecified atom stereocenters. The van der Waals surface area contributed by atoms with E-state index in [1.807, 2.05) is 5.41 Å². The van der Waals surface area contributed by atoms with E-state index in [0.29, 0.717) is 17.7 Å². The molecule has 0 bridgehead atoms. The molecule has 3 aliphatic rings. The van der Waals surface area contributed by atoms with Gasteiger partial charge in [-0.1, -0.05) is 11.8 Å². The molecule has 2 amide bonds. The van der Waals surface area contributed by atoms with Crippen LogP contribution in [-0.4, -0.2) is 45.5 Å². The predicted octanol–water partition coefficient (Wildman–Crippen LogP) is 1.14. The van der Waals surface area contributed by atoms with Gasteiger partial charge in [-0.3, -0.25) is 9.89 Å². The van der Waals surface area contributed by atoms with Crippen LogP contribution < -0.4 is 11.5 Å². The SMILES string of the molecule is C[C@H]1C[C@H]2CSC(N)=NC2(C2SC=CN2C(N)=O)CO1. The molecule has 0 spiro atoms. The lowest BCUT2D eigenvalue weighted by Gasteiger charge is -2.49. The van der Waals surface area contributed by atoms with Crippen LogP contribution in [0.25, 0.3) is 0 Å². The Hall–Kier alpha value is -0.860. The monoisotopic (exact) mass is 314 g/mol. The van der Waals surface area contributed by atoms with Crippen LogP contribution in [0.5, 0.6) is 0 Å². The zero-order valence-corrected chi connectivity index (χ0v) is 12.8. The molecule has 20 heavy (non-hydrogen) atoms. The first-order valence-corrected chi connectivity index (χ1v) is 8.45. The molecule has 0 aromatic heterocycles. The summed E-state index contributed by atoms with van der Waals surface area (Å²) in [4.78, 5) is 17.9. The predicted molar refractivity (Wildman–Crippen MR) is 82.3 cm³/mol. The fourth-order valence-electron chi connectivity index (χ4n) is 3.02. The third-order valence-corrected chi connectivity index (χ3v) is 6.16. The number of amidine groups is 1. The highest BCUT2D eigenvalue weighted by atomic mass is 32.2. The molecule has 1 saturated heterocycles. The second kappa shape index (κ2) is 5.16. The van der Waals surface area contributed by atoms with E-state index in [4.69, 9.17) is 21.2 Å². The number of ether oxygens (including phenoxy) is 1. The molecule has 3 heterocycles. The van der Waals surface area contributed by atoms with Crippen LogP contribution in [0.1, 0.15) is 13.3 Å². The number of aliphatic imine (C=N–C) groups is 1. The van der Waals surface area contributed by atoms with E-state index >= 15 is 0 Å². The maximum absolute atomic E-state index is 11.6. The zero-order valence-electron chi connectivity index (χ0n) is 11.2. The van der Waals surface area contributed by atoms with Crippen molar-refractivity contribution in [3.8, 4) is 0 Å². The molecular formula is C12H18N4O2S2. The summed E-state index contributed by atoms with van der Waals surface area (Å²) in [6.07, 6.45) is 2.85. The topological polar surface area (TPSA) is 93.9 Å². The minimum absolute atomic E-state index is 0.169. The molecule has 3 rings (SSSR count). The summed E-state index contributed by atoms with van der Waals surface area (Å²) in [5.74, 6) is 1.25. The molecule has 110 valence electrons. The second-order valence-corrected chi connectivity index (χ2v) is 7.36. The van der Waals surface area contributed by atoms with Crippen molar-refractivity contribution < 1.29 is 9.53 Å². The summed E-state index contributed by atoms with van der Waals surface area (Å²) in [5, 5.41) is 2.28. The van der Waals surface area contributed by atoms with Gasteiger partial charge in [-0.2, -0.15) is 0 Å². The molecule has 4 atom stereocenters. The minimum Gasteiger partial charge on any atom is -0.379 e. The molecule has 0 aromatic rings. The van der Waals surface area contributed by atoms with Crippen molar-refractivity contribution in [3.63, 3.8) is 0 Å². The molecule has 4 N–H and O–H groups in total. The smallest absolute Gasteiger partial charge is 0.319 e. The van der Waals surface area contributed by atoms with Gasteiger partial charge in [-0.15, -0.1) is 11.8 Å². The molecule has 0 aromatic carbocycles. The van der Waals surface area contributed by atoms with Gasteiger partial charge in [-0.25, -0.2) is 4.79 Å². The zero-order chi connectivity index (χ0) is 14.3. The fraction of sp³-hybridized carbons (Fsp3) is 0.667. The molecule has 0 saturated carbocycles. The van der Waals surface area contributed by atoms with Crippen LogP contribution in [0.2, 0.25) is 0 Å². The summed E-state index contributed by atoms with van der Waals surface area (Å²) in [7, 11) is 0.